The topological polar surface area (TPSA) is 58.5 Å². The van der Waals surface area contributed by atoms with Gasteiger partial charge >= 0.3 is 0 Å². The van der Waals surface area contributed by atoms with Gasteiger partial charge in [0.15, 0.2) is 0 Å². The van der Waals surface area contributed by atoms with E-state index in [0.29, 0.717) is 11.8 Å². The van der Waals surface area contributed by atoms with Crippen molar-refractivity contribution in [1.29, 1.82) is 0 Å². The highest BCUT2D eigenvalue weighted by atomic mass is 79.9. The lowest BCUT2D eigenvalue weighted by atomic mass is 9.98. The van der Waals surface area contributed by atoms with Gasteiger partial charge in [0.1, 0.15) is 0 Å². The Bertz CT molecular complexity index is 426. The van der Waals surface area contributed by atoms with E-state index in [1.165, 1.54) is 0 Å². The van der Waals surface area contributed by atoms with Gasteiger partial charge in [-0.15, -0.1) is 0 Å². The minimum atomic E-state index is -0.575. The molecule has 0 amide bonds. The van der Waals surface area contributed by atoms with Crippen molar-refractivity contribution >= 4 is 21.9 Å². The van der Waals surface area contributed by atoms with Crippen molar-refractivity contribution in [2.24, 2.45) is 0 Å². The van der Waals surface area contributed by atoms with Crippen molar-refractivity contribution in [2.45, 2.75) is 31.8 Å². The molecule has 18 heavy (non-hydrogen) atoms. The minimum absolute atomic E-state index is 0.538. The molecule has 1 N–H and O–H groups in total. The summed E-state index contributed by atoms with van der Waals surface area (Å²) in [6.45, 7) is 3.51. The third-order valence-corrected chi connectivity index (χ3v) is 3.78. The zero-order chi connectivity index (χ0) is 13.2. The summed E-state index contributed by atoms with van der Waals surface area (Å²) in [4.78, 5) is 10.8. The van der Waals surface area contributed by atoms with Gasteiger partial charge in [0.2, 0.25) is 11.8 Å². The van der Waals surface area contributed by atoms with Crippen LogP contribution in [0.1, 0.15) is 26.2 Å². The van der Waals surface area contributed by atoms with Gasteiger partial charge in [-0.3, -0.25) is 0 Å². The summed E-state index contributed by atoms with van der Waals surface area (Å²) >= 11 is 3.34. The minimum Gasteiger partial charge on any atom is -0.480 e. The predicted molar refractivity (Wildman–Crippen MR) is 73.0 cm³/mol. The zero-order valence-corrected chi connectivity index (χ0v) is 12.3. The maximum atomic E-state index is 10.1. The molecule has 1 fully saturated rings. The van der Waals surface area contributed by atoms with Gasteiger partial charge in [0, 0.05) is 13.1 Å². The van der Waals surface area contributed by atoms with Gasteiger partial charge in [-0.1, -0.05) is 0 Å². The largest absolute Gasteiger partial charge is 0.480 e. The first kappa shape index (κ1) is 13.5. The van der Waals surface area contributed by atoms with Gasteiger partial charge < -0.3 is 14.7 Å². The van der Waals surface area contributed by atoms with Crippen LogP contribution in [0.4, 0.5) is 5.95 Å². The van der Waals surface area contributed by atoms with E-state index < -0.39 is 5.60 Å². The molecule has 6 heteroatoms. The Morgan fingerprint density at radius 1 is 1.44 bits per heavy atom. The number of halogens is 1. The van der Waals surface area contributed by atoms with E-state index in [1.54, 1.807) is 13.3 Å². The molecule has 1 saturated heterocycles. The van der Waals surface area contributed by atoms with Gasteiger partial charge in [0.05, 0.1) is 23.4 Å². The van der Waals surface area contributed by atoms with Gasteiger partial charge in [-0.25, -0.2) is 4.98 Å². The maximum absolute atomic E-state index is 10.1. The molecule has 0 aliphatic carbocycles. The zero-order valence-electron chi connectivity index (χ0n) is 10.7. The molecule has 2 rings (SSSR count). The molecule has 1 unspecified atom stereocenters. The summed E-state index contributed by atoms with van der Waals surface area (Å²) in [7, 11) is 1.59. The quantitative estimate of drug-likeness (QED) is 0.904. The predicted octanol–water partition coefficient (Wildman–Crippen LogP) is 1.99. The Morgan fingerprint density at radius 2 is 2.22 bits per heavy atom. The average Bonchev–Trinajstić information content (AvgIpc) is 2.51. The number of nitrogens with zero attached hydrogens (tertiary/aromatic N) is 3. The third-order valence-electron chi connectivity index (χ3n) is 3.24. The molecule has 1 aliphatic rings. The SMILES string of the molecule is COc1nc(N2CCCC(C)(O)CC2)ncc1Br. The van der Waals surface area contributed by atoms with E-state index in [-0.39, 0.29) is 0 Å². The van der Waals surface area contributed by atoms with Crippen molar-refractivity contribution in [3.8, 4) is 5.88 Å². The van der Waals surface area contributed by atoms with Gasteiger partial charge in [0.25, 0.3) is 0 Å². The van der Waals surface area contributed by atoms with Crippen LogP contribution < -0.4 is 9.64 Å². The molecule has 2 heterocycles. The molecular formula is C12H18BrN3O2. The molecule has 0 aromatic carbocycles. The van der Waals surface area contributed by atoms with Crippen molar-refractivity contribution in [3.63, 3.8) is 0 Å². The van der Waals surface area contributed by atoms with E-state index >= 15 is 0 Å². The maximum Gasteiger partial charge on any atom is 0.232 e. The summed E-state index contributed by atoms with van der Waals surface area (Å²) in [5, 5.41) is 10.1. The van der Waals surface area contributed by atoms with Crippen LogP contribution in [0.3, 0.4) is 0 Å². The highest BCUT2D eigenvalue weighted by Crippen LogP contribution is 2.27. The lowest BCUT2D eigenvalue weighted by molar-refractivity contribution is 0.0481. The van der Waals surface area contributed by atoms with Crippen LogP contribution in [0.5, 0.6) is 5.88 Å². The molecular weight excluding hydrogens is 298 g/mol. The van der Waals surface area contributed by atoms with E-state index in [2.05, 4.69) is 30.8 Å². The summed E-state index contributed by atoms with van der Waals surface area (Å²) in [5.74, 6) is 1.20. The number of hydrogen-bond acceptors (Lipinski definition) is 5. The number of aromatic nitrogens is 2. The van der Waals surface area contributed by atoms with Crippen LogP contribution in [-0.2, 0) is 0 Å². The first-order valence-corrected chi connectivity index (χ1v) is 6.85. The number of ether oxygens (including phenoxy) is 1. The molecule has 1 atom stereocenters. The fraction of sp³-hybridized carbons (Fsp3) is 0.667. The Balaban J connectivity index is 2.16. The molecule has 1 aliphatic heterocycles. The normalized spacial score (nSPS) is 24.8. The number of anilines is 1. The summed E-state index contributed by atoms with van der Waals surface area (Å²) in [6, 6.07) is 0. The van der Waals surface area contributed by atoms with Crippen LogP contribution in [0.15, 0.2) is 10.7 Å². The molecule has 100 valence electrons. The van der Waals surface area contributed by atoms with Crippen molar-refractivity contribution in [1.82, 2.24) is 9.97 Å². The first-order valence-electron chi connectivity index (χ1n) is 6.06. The number of hydrogen-bond donors (Lipinski definition) is 1. The highest BCUT2D eigenvalue weighted by Gasteiger charge is 2.26. The first-order chi connectivity index (χ1) is 8.52. The highest BCUT2D eigenvalue weighted by molar-refractivity contribution is 9.10. The van der Waals surface area contributed by atoms with Crippen molar-refractivity contribution < 1.29 is 9.84 Å². The van der Waals surface area contributed by atoms with Crippen LogP contribution >= 0.6 is 15.9 Å². The summed E-state index contributed by atoms with van der Waals surface area (Å²) < 4.78 is 5.92. The molecule has 0 radical (unpaired) electrons. The smallest absolute Gasteiger partial charge is 0.232 e. The van der Waals surface area contributed by atoms with E-state index in [1.807, 2.05) is 6.92 Å². The second kappa shape index (κ2) is 5.40. The Labute approximate surface area is 115 Å². The Morgan fingerprint density at radius 3 is 2.94 bits per heavy atom. The van der Waals surface area contributed by atoms with Crippen LogP contribution in [-0.4, -0.2) is 40.9 Å². The molecule has 1 aromatic rings. The van der Waals surface area contributed by atoms with Crippen LogP contribution in [0.2, 0.25) is 0 Å². The van der Waals surface area contributed by atoms with E-state index in [0.717, 1.165) is 36.8 Å². The van der Waals surface area contributed by atoms with E-state index in [9.17, 15) is 5.11 Å². The summed E-state index contributed by atoms with van der Waals surface area (Å²) in [6.07, 6.45) is 4.19. The van der Waals surface area contributed by atoms with Crippen molar-refractivity contribution in [2.75, 3.05) is 25.1 Å². The fourth-order valence-corrected chi connectivity index (χ4v) is 2.45. The number of rotatable bonds is 2. The molecule has 0 saturated carbocycles. The standard InChI is InChI=1S/C12H18BrN3O2/c1-12(17)4-3-6-16(7-5-12)11-14-8-9(13)10(15-11)18-2/h8,17H,3-7H2,1-2H3. The van der Waals surface area contributed by atoms with Crippen molar-refractivity contribution in [3.05, 3.63) is 10.7 Å². The van der Waals surface area contributed by atoms with Crippen LogP contribution in [0.25, 0.3) is 0 Å². The lowest BCUT2D eigenvalue weighted by Gasteiger charge is -2.22. The monoisotopic (exact) mass is 315 g/mol. The number of methoxy groups -OCH3 is 1. The second-order valence-electron chi connectivity index (χ2n) is 4.86. The number of aliphatic hydroxyl groups is 1. The lowest BCUT2D eigenvalue weighted by Crippen LogP contribution is -2.29. The molecule has 1 aromatic heterocycles. The Hall–Kier alpha value is -0.880. The fourth-order valence-electron chi connectivity index (χ4n) is 2.10. The molecule has 0 spiro atoms. The molecule has 0 bridgehead atoms. The van der Waals surface area contributed by atoms with Gasteiger partial charge in [-0.05, 0) is 42.1 Å². The Kier molecular flexibility index (Phi) is 4.07. The van der Waals surface area contributed by atoms with E-state index in [4.69, 9.17) is 4.74 Å². The average molecular weight is 316 g/mol. The molecule has 5 nitrogen and oxygen atoms in total. The third kappa shape index (κ3) is 3.11. The van der Waals surface area contributed by atoms with Crippen LogP contribution in [0, 0.1) is 0 Å². The summed E-state index contributed by atoms with van der Waals surface area (Å²) in [5.41, 5.74) is -0.575. The van der Waals surface area contributed by atoms with Gasteiger partial charge in [-0.2, -0.15) is 4.98 Å². The second-order valence-corrected chi connectivity index (χ2v) is 5.72.